The number of nitrogens with zero attached hydrogens (tertiary/aromatic N) is 4. The molecule has 0 aliphatic heterocycles. The van der Waals surface area contributed by atoms with Gasteiger partial charge >= 0.3 is 0 Å². The van der Waals surface area contributed by atoms with Gasteiger partial charge in [0.15, 0.2) is 0 Å². The van der Waals surface area contributed by atoms with E-state index in [1.54, 1.807) is 20.4 Å². The zero-order valence-corrected chi connectivity index (χ0v) is 18.8. The lowest BCUT2D eigenvalue weighted by Crippen LogP contribution is -2.23. The fourth-order valence-electron chi connectivity index (χ4n) is 3.77. The quantitative estimate of drug-likeness (QED) is 0.406. The molecule has 2 heterocycles. The Morgan fingerprint density at radius 3 is 2.75 bits per heavy atom. The third kappa shape index (κ3) is 4.17. The van der Waals surface area contributed by atoms with E-state index in [9.17, 15) is 0 Å². The number of nitrogens with one attached hydrogen (secondary N) is 1. The summed E-state index contributed by atoms with van der Waals surface area (Å²) in [6, 6.07) is 13.9. The summed E-state index contributed by atoms with van der Waals surface area (Å²) in [5.74, 6) is 1.12. The van der Waals surface area contributed by atoms with Crippen molar-refractivity contribution < 1.29 is 9.47 Å². The molecule has 0 aliphatic carbocycles. The monoisotopic (exact) mass is 432 g/mol. The fourth-order valence-corrected chi connectivity index (χ4v) is 3.77. The molecule has 166 valence electrons. The number of hydrogen-bond donors (Lipinski definition) is 2. The molecule has 8 nitrogen and oxygen atoms in total. The lowest BCUT2D eigenvalue weighted by molar-refractivity contribution is 0.206. The van der Waals surface area contributed by atoms with Crippen molar-refractivity contribution in [3.63, 3.8) is 0 Å². The number of hydrogen-bond acceptors (Lipinski definition) is 7. The van der Waals surface area contributed by atoms with Gasteiger partial charge in [0.2, 0.25) is 5.95 Å². The first kappa shape index (κ1) is 21.5. The van der Waals surface area contributed by atoms with Gasteiger partial charge in [0.25, 0.3) is 0 Å². The van der Waals surface area contributed by atoms with Gasteiger partial charge in [0.1, 0.15) is 5.75 Å². The van der Waals surface area contributed by atoms with E-state index in [2.05, 4.69) is 33.2 Å². The van der Waals surface area contributed by atoms with Crippen LogP contribution in [0.5, 0.6) is 5.75 Å². The van der Waals surface area contributed by atoms with Crippen LogP contribution in [0, 0.1) is 0 Å². The highest BCUT2D eigenvalue weighted by atomic mass is 16.5. The van der Waals surface area contributed by atoms with E-state index < -0.39 is 0 Å². The lowest BCUT2D eigenvalue weighted by atomic mass is 10.1. The van der Waals surface area contributed by atoms with Crippen LogP contribution in [0.2, 0.25) is 0 Å². The van der Waals surface area contributed by atoms with Gasteiger partial charge in [-0.15, -0.1) is 0 Å². The molecule has 0 atom stereocenters. The number of anilines is 4. The van der Waals surface area contributed by atoms with Gasteiger partial charge in [-0.3, -0.25) is 0 Å². The number of benzene rings is 2. The second-order valence-electron chi connectivity index (χ2n) is 7.59. The molecule has 8 heteroatoms. The van der Waals surface area contributed by atoms with Crippen LogP contribution < -0.4 is 20.7 Å². The molecule has 2 aromatic heterocycles. The number of nitrogen functional groups attached to an aromatic ring is 1. The molecule has 0 saturated carbocycles. The highest BCUT2D eigenvalue weighted by molar-refractivity contribution is 5.95. The first-order chi connectivity index (χ1) is 15.5. The number of fused-ring (bicyclic) bond motifs is 1. The van der Waals surface area contributed by atoms with Gasteiger partial charge in [0.05, 0.1) is 36.5 Å². The van der Waals surface area contributed by atoms with Crippen LogP contribution in [0.15, 0.2) is 54.9 Å². The predicted octanol–water partition coefficient (Wildman–Crippen LogP) is 4.05. The van der Waals surface area contributed by atoms with E-state index in [1.165, 1.54) is 0 Å². The number of ether oxygens (including phenoxy) is 2. The molecule has 0 unspecified atom stereocenters. The van der Waals surface area contributed by atoms with Crippen molar-refractivity contribution in [1.29, 1.82) is 0 Å². The van der Waals surface area contributed by atoms with Crippen LogP contribution in [-0.4, -0.2) is 49.0 Å². The second-order valence-corrected chi connectivity index (χ2v) is 7.59. The molecule has 0 saturated heterocycles. The summed E-state index contributed by atoms with van der Waals surface area (Å²) in [7, 11) is 7.30. The molecule has 0 radical (unpaired) electrons. The maximum absolute atomic E-state index is 6.34. The Hall–Kier alpha value is -3.78. The second kappa shape index (κ2) is 9.15. The third-order valence-electron chi connectivity index (χ3n) is 5.47. The number of methoxy groups -OCH3 is 2. The van der Waals surface area contributed by atoms with Crippen molar-refractivity contribution in [3.05, 3.63) is 54.9 Å². The predicted molar refractivity (Wildman–Crippen MR) is 130 cm³/mol. The molecule has 0 spiro atoms. The van der Waals surface area contributed by atoms with Crippen LogP contribution in [0.1, 0.15) is 0 Å². The number of aryl methyl sites for hydroxylation is 1. The maximum Gasteiger partial charge on any atom is 0.227 e. The smallest absolute Gasteiger partial charge is 0.227 e. The SMILES string of the molecule is COCCN(C)c1cc(OC)c(Nc2nccc(-c3cn(C)c4ccccc34)n2)cc1N. The highest BCUT2D eigenvalue weighted by Gasteiger charge is 2.15. The van der Waals surface area contributed by atoms with Gasteiger partial charge in [-0.2, -0.15) is 0 Å². The van der Waals surface area contributed by atoms with Gasteiger partial charge in [-0.1, -0.05) is 18.2 Å². The average Bonchev–Trinajstić information content (AvgIpc) is 3.14. The molecule has 0 bridgehead atoms. The van der Waals surface area contributed by atoms with E-state index in [4.69, 9.17) is 20.2 Å². The summed E-state index contributed by atoms with van der Waals surface area (Å²) in [6.45, 7) is 1.32. The third-order valence-corrected chi connectivity index (χ3v) is 5.47. The van der Waals surface area contributed by atoms with Crippen LogP contribution in [0.3, 0.4) is 0 Å². The van der Waals surface area contributed by atoms with Gasteiger partial charge in [-0.05, 0) is 18.2 Å². The van der Waals surface area contributed by atoms with Crippen molar-refractivity contribution >= 4 is 33.9 Å². The van der Waals surface area contributed by atoms with E-state index in [0.717, 1.165) is 27.8 Å². The number of para-hydroxylation sites is 1. The first-order valence-corrected chi connectivity index (χ1v) is 10.3. The van der Waals surface area contributed by atoms with E-state index in [-0.39, 0.29) is 0 Å². The maximum atomic E-state index is 6.34. The van der Waals surface area contributed by atoms with Crippen LogP contribution in [0.4, 0.5) is 23.0 Å². The van der Waals surface area contributed by atoms with Gasteiger partial charge in [-0.25, -0.2) is 9.97 Å². The minimum absolute atomic E-state index is 0.466. The molecular weight excluding hydrogens is 404 g/mol. The average molecular weight is 433 g/mol. The molecule has 4 aromatic rings. The van der Waals surface area contributed by atoms with Crippen LogP contribution >= 0.6 is 0 Å². The van der Waals surface area contributed by atoms with Crippen molar-refractivity contribution in [2.45, 2.75) is 0 Å². The van der Waals surface area contributed by atoms with Crippen molar-refractivity contribution in [2.24, 2.45) is 7.05 Å². The van der Waals surface area contributed by atoms with Crippen LogP contribution in [0.25, 0.3) is 22.2 Å². The minimum Gasteiger partial charge on any atom is -0.494 e. The van der Waals surface area contributed by atoms with Crippen molar-refractivity contribution in [2.75, 3.05) is 50.4 Å². The molecule has 0 fully saturated rings. The summed E-state index contributed by atoms with van der Waals surface area (Å²) in [6.07, 6.45) is 3.83. The number of aromatic nitrogens is 3. The Kier molecular flexibility index (Phi) is 6.13. The molecule has 2 aromatic carbocycles. The Morgan fingerprint density at radius 2 is 1.97 bits per heavy atom. The zero-order valence-electron chi connectivity index (χ0n) is 18.8. The Bertz CT molecular complexity index is 1240. The standard InChI is InChI=1S/C24H28N6O2/c1-29(11-12-31-3)22-14-23(32-4)20(13-18(22)25)28-24-26-10-9-19(27-24)17-15-30(2)21-8-6-5-7-16(17)21/h5-10,13-15H,11-12,25H2,1-4H3,(H,26,27,28). The van der Waals surface area contributed by atoms with E-state index >= 15 is 0 Å². The number of likely N-dealkylation sites (N-methyl/N-ethyl adjacent to an activating group) is 1. The summed E-state index contributed by atoms with van der Waals surface area (Å²) >= 11 is 0. The summed E-state index contributed by atoms with van der Waals surface area (Å²) < 4.78 is 12.9. The van der Waals surface area contributed by atoms with Gasteiger partial charge in [0, 0.05) is 62.7 Å². The molecule has 0 amide bonds. The van der Waals surface area contributed by atoms with Crippen LogP contribution in [-0.2, 0) is 11.8 Å². The highest BCUT2D eigenvalue weighted by Crippen LogP contribution is 2.36. The molecule has 3 N–H and O–H groups in total. The first-order valence-electron chi connectivity index (χ1n) is 10.3. The van der Waals surface area contributed by atoms with E-state index in [0.29, 0.717) is 36.2 Å². The topological polar surface area (TPSA) is 90.5 Å². The van der Waals surface area contributed by atoms with Crippen molar-refractivity contribution in [1.82, 2.24) is 14.5 Å². The largest absolute Gasteiger partial charge is 0.494 e. The van der Waals surface area contributed by atoms with Crippen molar-refractivity contribution in [3.8, 4) is 17.0 Å². The lowest BCUT2D eigenvalue weighted by Gasteiger charge is -2.22. The Labute approximate surface area is 187 Å². The summed E-state index contributed by atoms with van der Waals surface area (Å²) in [4.78, 5) is 11.2. The zero-order chi connectivity index (χ0) is 22.7. The Morgan fingerprint density at radius 1 is 1.16 bits per heavy atom. The Balaban J connectivity index is 1.66. The fraction of sp³-hybridized carbons (Fsp3) is 0.250. The number of rotatable bonds is 8. The molecule has 4 rings (SSSR count). The summed E-state index contributed by atoms with van der Waals surface area (Å²) in [5, 5.41) is 4.40. The van der Waals surface area contributed by atoms with E-state index in [1.807, 2.05) is 49.3 Å². The molecule has 0 aliphatic rings. The van der Waals surface area contributed by atoms with Gasteiger partial charge < -0.3 is 30.0 Å². The minimum atomic E-state index is 0.466. The normalized spacial score (nSPS) is 11.0. The molecular formula is C24H28N6O2. The number of nitrogens with two attached hydrogens (primary N) is 1. The molecule has 32 heavy (non-hydrogen) atoms. The summed E-state index contributed by atoms with van der Waals surface area (Å²) in [5.41, 5.74) is 11.6.